The molecule has 0 saturated heterocycles. The van der Waals surface area contributed by atoms with Gasteiger partial charge in [0.1, 0.15) is 12.3 Å². The average molecular weight is 272 g/mol. The Bertz CT molecular complexity index is 674. The van der Waals surface area contributed by atoms with Gasteiger partial charge in [-0.1, -0.05) is 6.07 Å². The largest absolute Gasteiger partial charge is 0.508 e. The third-order valence-corrected chi connectivity index (χ3v) is 3.13. The van der Waals surface area contributed by atoms with Crippen LogP contribution in [0.2, 0.25) is 0 Å². The van der Waals surface area contributed by atoms with Crippen LogP contribution in [0.4, 0.5) is 5.69 Å². The third-order valence-electron chi connectivity index (χ3n) is 3.13. The Morgan fingerprint density at radius 1 is 1.25 bits per heavy atom. The third kappa shape index (κ3) is 2.88. The molecule has 0 atom stereocenters. The zero-order chi connectivity index (χ0) is 14.7. The summed E-state index contributed by atoms with van der Waals surface area (Å²) >= 11 is 0. The van der Waals surface area contributed by atoms with Gasteiger partial charge in [-0.2, -0.15) is 0 Å². The molecule has 0 bridgehead atoms. The molecule has 20 heavy (non-hydrogen) atoms. The molecule has 2 rings (SSSR count). The zero-order valence-electron chi connectivity index (χ0n) is 11.4. The van der Waals surface area contributed by atoms with Crippen LogP contribution in [0.3, 0.4) is 0 Å². The molecule has 0 saturated carbocycles. The highest BCUT2D eigenvalue weighted by Crippen LogP contribution is 2.17. The van der Waals surface area contributed by atoms with Crippen molar-refractivity contribution in [2.45, 2.75) is 13.5 Å². The Kier molecular flexibility index (Phi) is 3.89. The lowest BCUT2D eigenvalue weighted by Crippen LogP contribution is -2.34. The van der Waals surface area contributed by atoms with Gasteiger partial charge in [-0.25, -0.2) is 0 Å². The van der Waals surface area contributed by atoms with Crippen LogP contribution in [0, 0.1) is 6.92 Å². The Morgan fingerprint density at radius 3 is 2.55 bits per heavy atom. The lowest BCUT2D eigenvalue weighted by molar-refractivity contribution is -0.118. The summed E-state index contributed by atoms with van der Waals surface area (Å²) in [5.41, 5.74) is 1.10. The average Bonchev–Trinajstić information content (AvgIpc) is 2.44. The van der Waals surface area contributed by atoms with Crippen molar-refractivity contribution >= 4 is 11.6 Å². The molecule has 0 radical (unpaired) electrons. The number of nitrogens with zero attached hydrogens (tertiary/aromatic N) is 2. The summed E-state index contributed by atoms with van der Waals surface area (Å²) in [7, 11) is 1.63. The van der Waals surface area contributed by atoms with E-state index in [1.807, 2.05) is 0 Å². The maximum atomic E-state index is 12.2. The van der Waals surface area contributed by atoms with Crippen LogP contribution in [0.15, 0.2) is 47.4 Å². The second-order valence-electron chi connectivity index (χ2n) is 4.59. The number of anilines is 1. The minimum atomic E-state index is -0.205. The minimum absolute atomic E-state index is 0.0160. The van der Waals surface area contributed by atoms with Gasteiger partial charge in [0, 0.05) is 24.5 Å². The molecule has 0 aliphatic heterocycles. The monoisotopic (exact) mass is 272 g/mol. The first-order valence-corrected chi connectivity index (χ1v) is 6.20. The highest BCUT2D eigenvalue weighted by Gasteiger charge is 2.12. The van der Waals surface area contributed by atoms with Gasteiger partial charge in [-0.3, -0.25) is 9.59 Å². The first-order valence-electron chi connectivity index (χ1n) is 6.20. The number of hydrogen-bond donors (Lipinski definition) is 1. The van der Waals surface area contributed by atoms with Crippen molar-refractivity contribution in [2.75, 3.05) is 11.9 Å². The normalized spacial score (nSPS) is 10.3. The predicted molar refractivity (Wildman–Crippen MR) is 77.0 cm³/mol. The van der Waals surface area contributed by atoms with Crippen molar-refractivity contribution in [3.63, 3.8) is 0 Å². The molecule has 0 spiro atoms. The molecule has 104 valence electrons. The van der Waals surface area contributed by atoms with Gasteiger partial charge in [0.15, 0.2) is 0 Å². The molecule has 1 amide bonds. The predicted octanol–water partition coefficient (Wildman–Crippen LogP) is 1.53. The second kappa shape index (κ2) is 5.61. The number of pyridine rings is 1. The summed E-state index contributed by atoms with van der Waals surface area (Å²) in [6.07, 6.45) is 1.60. The minimum Gasteiger partial charge on any atom is -0.508 e. The van der Waals surface area contributed by atoms with Gasteiger partial charge >= 0.3 is 0 Å². The van der Waals surface area contributed by atoms with E-state index in [0.29, 0.717) is 11.3 Å². The van der Waals surface area contributed by atoms with Crippen LogP contribution in [0.25, 0.3) is 0 Å². The van der Waals surface area contributed by atoms with E-state index in [2.05, 4.69) is 0 Å². The van der Waals surface area contributed by atoms with Crippen molar-refractivity contribution in [2.24, 2.45) is 0 Å². The summed E-state index contributed by atoms with van der Waals surface area (Å²) in [4.78, 5) is 25.5. The molecule has 0 aliphatic rings. The molecule has 0 aliphatic carbocycles. The van der Waals surface area contributed by atoms with Crippen LogP contribution in [0.5, 0.6) is 5.75 Å². The van der Waals surface area contributed by atoms with Crippen molar-refractivity contribution in [1.29, 1.82) is 0 Å². The van der Waals surface area contributed by atoms with E-state index in [9.17, 15) is 14.7 Å². The number of hydrogen-bond acceptors (Lipinski definition) is 3. The summed E-state index contributed by atoms with van der Waals surface area (Å²) in [6.45, 7) is 1.70. The van der Waals surface area contributed by atoms with Crippen molar-refractivity contribution < 1.29 is 9.90 Å². The molecule has 5 heteroatoms. The Hall–Kier alpha value is -2.56. The molecule has 1 N–H and O–H groups in total. The number of carbonyl (C=O) groups is 1. The summed E-state index contributed by atoms with van der Waals surface area (Å²) < 4.78 is 1.38. The summed E-state index contributed by atoms with van der Waals surface area (Å²) in [6, 6.07) is 9.77. The van der Waals surface area contributed by atoms with Gasteiger partial charge < -0.3 is 14.6 Å². The molecule has 2 aromatic rings. The number of phenolic OH excluding ortho intramolecular Hbond substituents is 1. The van der Waals surface area contributed by atoms with E-state index in [1.54, 1.807) is 44.4 Å². The Morgan fingerprint density at radius 2 is 1.90 bits per heavy atom. The van der Waals surface area contributed by atoms with Crippen molar-refractivity contribution in [3.05, 3.63) is 58.5 Å². The van der Waals surface area contributed by atoms with Gasteiger partial charge in [0.2, 0.25) is 5.91 Å². The summed E-state index contributed by atoms with van der Waals surface area (Å²) in [5, 5.41) is 9.23. The molecule has 1 heterocycles. The van der Waals surface area contributed by atoms with E-state index in [1.165, 1.54) is 21.6 Å². The highest BCUT2D eigenvalue weighted by molar-refractivity contribution is 5.92. The van der Waals surface area contributed by atoms with Gasteiger partial charge in [0.25, 0.3) is 5.56 Å². The van der Waals surface area contributed by atoms with Crippen LogP contribution in [-0.4, -0.2) is 22.6 Å². The maximum absolute atomic E-state index is 12.2. The number of benzene rings is 1. The van der Waals surface area contributed by atoms with Crippen molar-refractivity contribution in [1.82, 2.24) is 4.57 Å². The first kappa shape index (κ1) is 13.9. The number of phenols is 1. The molecule has 0 unspecified atom stereocenters. The molecule has 5 nitrogen and oxygen atoms in total. The van der Waals surface area contributed by atoms with Gasteiger partial charge in [-0.05, 0) is 37.3 Å². The first-order chi connectivity index (χ1) is 9.49. The molecular formula is C15H16N2O3. The fraction of sp³-hybridized carbons (Fsp3) is 0.200. The number of aryl methyl sites for hydroxylation is 1. The number of aromatic hydroxyl groups is 1. The van der Waals surface area contributed by atoms with Crippen LogP contribution < -0.4 is 10.5 Å². The number of rotatable bonds is 3. The molecular weight excluding hydrogens is 256 g/mol. The number of likely N-dealkylation sites (N-methyl/N-ethyl adjacent to an activating group) is 1. The lowest BCUT2D eigenvalue weighted by atomic mass is 10.2. The van der Waals surface area contributed by atoms with E-state index in [-0.39, 0.29) is 23.8 Å². The highest BCUT2D eigenvalue weighted by atomic mass is 16.3. The topological polar surface area (TPSA) is 62.5 Å². The van der Waals surface area contributed by atoms with Crippen LogP contribution in [-0.2, 0) is 11.3 Å². The Labute approximate surface area is 116 Å². The zero-order valence-corrected chi connectivity index (χ0v) is 11.4. The van der Waals surface area contributed by atoms with E-state index in [4.69, 9.17) is 0 Å². The Balaban J connectivity index is 2.17. The fourth-order valence-electron chi connectivity index (χ4n) is 1.85. The summed E-state index contributed by atoms with van der Waals surface area (Å²) in [5.74, 6) is -0.0621. The van der Waals surface area contributed by atoms with Crippen molar-refractivity contribution in [3.8, 4) is 5.75 Å². The smallest absolute Gasteiger partial charge is 0.253 e. The fourth-order valence-corrected chi connectivity index (χ4v) is 1.85. The second-order valence-corrected chi connectivity index (χ2v) is 4.59. The number of carbonyl (C=O) groups excluding carboxylic acids is 1. The molecule has 1 aromatic heterocycles. The van der Waals surface area contributed by atoms with E-state index >= 15 is 0 Å². The molecule has 1 aromatic carbocycles. The maximum Gasteiger partial charge on any atom is 0.253 e. The lowest BCUT2D eigenvalue weighted by Gasteiger charge is -2.18. The van der Waals surface area contributed by atoms with E-state index < -0.39 is 0 Å². The molecule has 0 fully saturated rings. The van der Waals surface area contributed by atoms with Gasteiger partial charge in [-0.15, -0.1) is 0 Å². The SMILES string of the molecule is Cc1cccn(CC(=O)N(C)c2ccc(O)cc2)c1=O. The number of aromatic nitrogens is 1. The number of amides is 1. The standard InChI is InChI=1S/C15H16N2O3/c1-11-4-3-9-17(15(11)20)10-14(19)16(2)12-5-7-13(18)8-6-12/h3-9,18H,10H2,1-2H3. The van der Waals surface area contributed by atoms with E-state index in [0.717, 1.165) is 0 Å². The van der Waals surface area contributed by atoms with Crippen LogP contribution >= 0.6 is 0 Å². The van der Waals surface area contributed by atoms with Crippen LogP contribution in [0.1, 0.15) is 5.56 Å². The van der Waals surface area contributed by atoms with Gasteiger partial charge in [0.05, 0.1) is 0 Å². The quantitative estimate of drug-likeness (QED) is 0.921.